The lowest BCUT2D eigenvalue weighted by Gasteiger charge is -2.21. The SMILES string of the molecule is COC1CCN(c2cc(Br)ccc2CCl)C1. The quantitative estimate of drug-likeness (QED) is 0.794. The van der Waals surface area contributed by atoms with Gasteiger partial charge >= 0.3 is 0 Å². The van der Waals surface area contributed by atoms with Crippen molar-refractivity contribution in [1.82, 2.24) is 0 Å². The molecule has 1 heterocycles. The van der Waals surface area contributed by atoms with Crippen molar-refractivity contribution in [2.24, 2.45) is 0 Å². The predicted molar refractivity (Wildman–Crippen MR) is 71.3 cm³/mol. The van der Waals surface area contributed by atoms with Crippen LogP contribution in [0.25, 0.3) is 0 Å². The van der Waals surface area contributed by atoms with E-state index in [9.17, 15) is 0 Å². The molecule has 16 heavy (non-hydrogen) atoms. The summed E-state index contributed by atoms with van der Waals surface area (Å²) in [6.45, 7) is 2.00. The Morgan fingerprint density at radius 1 is 1.56 bits per heavy atom. The summed E-state index contributed by atoms with van der Waals surface area (Å²) in [4.78, 5) is 2.34. The molecule has 2 nitrogen and oxygen atoms in total. The van der Waals surface area contributed by atoms with Crippen LogP contribution in [0, 0.1) is 0 Å². The van der Waals surface area contributed by atoms with Gasteiger partial charge in [0.1, 0.15) is 0 Å². The zero-order valence-corrected chi connectivity index (χ0v) is 11.6. The number of alkyl halides is 1. The number of hydrogen-bond acceptors (Lipinski definition) is 2. The minimum absolute atomic E-state index is 0.349. The Kier molecular flexibility index (Phi) is 4.11. The first-order valence-corrected chi connectivity index (χ1v) is 6.69. The fraction of sp³-hybridized carbons (Fsp3) is 0.500. The van der Waals surface area contributed by atoms with Crippen LogP contribution in [0.1, 0.15) is 12.0 Å². The zero-order chi connectivity index (χ0) is 11.5. The van der Waals surface area contributed by atoms with Gasteiger partial charge in [-0.1, -0.05) is 22.0 Å². The molecule has 0 bridgehead atoms. The molecule has 0 saturated carbocycles. The van der Waals surface area contributed by atoms with Crippen LogP contribution >= 0.6 is 27.5 Å². The third-order valence-corrected chi connectivity index (χ3v) is 3.79. The molecule has 0 aliphatic carbocycles. The lowest BCUT2D eigenvalue weighted by Crippen LogP contribution is -2.23. The van der Waals surface area contributed by atoms with Crippen molar-refractivity contribution in [2.75, 3.05) is 25.1 Å². The molecule has 1 aromatic carbocycles. The van der Waals surface area contributed by atoms with Crippen molar-refractivity contribution in [3.05, 3.63) is 28.2 Å². The minimum atomic E-state index is 0.349. The number of halogens is 2. The number of anilines is 1. The maximum Gasteiger partial charge on any atom is 0.0762 e. The van der Waals surface area contributed by atoms with Crippen molar-refractivity contribution >= 4 is 33.2 Å². The van der Waals surface area contributed by atoms with E-state index in [1.54, 1.807) is 7.11 Å². The molecular weight excluding hydrogens is 289 g/mol. The van der Waals surface area contributed by atoms with E-state index in [0.29, 0.717) is 12.0 Å². The summed E-state index contributed by atoms with van der Waals surface area (Å²) < 4.78 is 6.47. The average Bonchev–Trinajstić information content (AvgIpc) is 2.77. The van der Waals surface area contributed by atoms with E-state index in [-0.39, 0.29) is 0 Å². The predicted octanol–water partition coefficient (Wildman–Crippen LogP) is 3.41. The minimum Gasteiger partial charge on any atom is -0.380 e. The van der Waals surface area contributed by atoms with Crippen molar-refractivity contribution in [1.29, 1.82) is 0 Å². The summed E-state index contributed by atoms with van der Waals surface area (Å²) >= 11 is 9.46. The highest BCUT2D eigenvalue weighted by Crippen LogP contribution is 2.29. The van der Waals surface area contributed by atoms with E-state index in [0.717, 1.165) is 24.0 Å². The highest BCUT2D eigenvalue weighted by Gasteiger charge is 2.23. The Hall–Kier alpha value is -0.250. The monoisotopic (exact) mass is 303 g/mol. The Labute approximate surface area is 110 Å². The van der Waals surface area contributed by atoms with Crippen molar-refractivity contribution < 1.29 is 4.74 Å². The maximum atomic E-state index is 5.96. The topological polar surface area (TPSA) is 12.5 Å². The van der Waals surface area contributed by atoms with Crippen LogP contribution in [0.3, 0.4) is 0 Å². The van der Waals surface area contributed by atoms with Gasteiger partial charge in [-0.25, -0.2) is 0 Å². The highest BCUT2D eigenvalue weighted by molar-refractivity contribution is 9.10. The molecular formula is C12H15BrClNO. The number of methoxy groups -OCH3 is 1. The first-order chi connectivity index (χ1) is 7.74. The molecule has 1 aliphatic rings. The number of ether oxygens (including phenoxy) is 1. The van der Waals surface area contributed by atoms with Crippen LogP contribution in [0.2, 0.25) is 0 Å². The summed E-state index contributed by atoms with van der Waals surface area (Å²) in [5.41, 5.74) is 2.41. The van der Waals surface area contributed by atoms with Crippen LogP contribution in [-0.4, -0.2) is 26.3 Å². The van der Waals surface area contributed by atoms with Gasteiger partial charge in [0.25, 0.3) is 0 Å². The number of rotatable bonds is 3. The second-order valence-electron chi connectivity index (χ2n) is 4.00. The second-order valence-corrected chi connectivity index (χ2v) is 5.18. The molecule has 1 aromatic rings. The third kappa shape index (κ3) is 2.53. The van der Waals surface area contributed by atoms with Crippen LogP contribution < -0.4 is 4.90 Å². The molecule has 88 valence electrons. The summed E-state index contributed by atoms with van der Waals surface area (Å²) in [5, 5.41) is 0. The van der Waals surface area contributed by atoms with Gasteiger partial charge in [-0.05, 0) is 24.1 Å². The second kappa shape index (κ2) is 5.39. The summed E-state index contributed by atoms with van der Waals surface area (Å²) in [5.74, 6) is 0.552. The Morgan fingerprint density at radius 2 is 2.38 bits per heavy atom. The molecule has 2 rings (SSSR count). The van der Waals surface area contributed by atoms with Gasteiger partial charge in [0.2, 0.25) is 0 Å². The first kappa shape index (κ1) is 12.2. The largest absolute Gasteiger partial charge is 0.380 e. The van der Waals surface area contributed by atoms with Crippen LogP contribution in [0.4, 0.5) is 5.69 Å². The molecule has 0 radical (unpaired) electrons. The molecule has 0 aromatic heterocycles. The van der Waals surface area contributed by atoms with E-state index >= 15 is 0 Å². The summed E-state index contributed by atoms with van der Waals surface area (Å²) in [6, 6.07) is 6.24. The first-order valence-electron chi connectivity index (χ1n) is 5.36. The third-order valence-electron chi connectivity index (χ3n) is 3.01. The van der Waals surface area contributed by atoms with E-state index in [1.807, 2.05) is 6.07 Å². The van der Waals surface area contributed by atoms with Gasteiger partial charge < -0.3 is 9.64 Å². The molecule has 1 unspecified atom stereocenters. The number of benzene rings is 1. The molecule has 0 spiro atoms. The van der Waals surface area contributed by atoms with E-state index < -0.39 is 0 Å². The maximum absolute atomic E-state index is 5.96. The molecule has 1 atom stereocenters. The fourth-order valence-corrected chi connectivity index (χ4v) is 2.66. The number of nitrogens with zero attached hydrogens (tertiary/aromatic N) is 1. The van der Waals surface area contributed by atoms with Gasteiger partial charge in [0.05, 0.1) is 6.10 Å². The van der Waals surface area contributed by atoms with Gasteiger partial charge in [-0.2, -0.15) is 0 Å². The van der Waals surface area contributed by atoms with E-state index in [1.165, 1.54) is 11.3 Å². The molecule has 4 heteroatoms. The lowest BCUT2D eigenvalue weighted by molar-refractivity contribution is 0.121. The zero-order valence-electron chi connectivity index (χ0n) is 9.25. The smallest absolute Gasteiger partial charge is 0.0762 e. The van der Waals surface area contributed by atoms with Crippen LogP contribution in [0.15, 0.2) is 22.7 Å². The Morgan fingerprint density at radius 3 is 3.00 bits per heavy atom. The number of hydrogen-bond donors (Lipinski definition) is 0. The highest BCUT2D eigenvalue weighted by atomic mass is 79.9. The summed E-state index contributed by atoms with van der Waals surface area (Å²) in [7, 11) is 1.78. The molecule has 1 fully saturated rings. The van der Waals surface area contributed by atoms with Crippen LogP contribution in [-0.2, 0) is 10.6 Å². The van der Waals surface area contributed by atoms with Gasteiger partial charge in [-0.15, -0.1) is 11.6 Å². The average molecular weight is 305 g/mol. The lowest BCUT2D eigenvalue weighted by atomic mass is 10.2. The van der Waals surface area contributed by atoms with Gasteiger partial charge in [-0.3, -0.25) is 0 Å². The Balaban J connectivity index is 2.22. The normalized spacial score (nSPS) is 20.4. The van der Waals surface area contributed by atoms with E-state index in [2.05, 4.69) is 33.0 Å². The van der Waals surface area contributed by atoms with Crippen molar-refractivity contribution in [2.45, 2.75) is 18.4 Å². The molecule has 0 amide bonds. The fourth-order valence-electron chi connectivity index (χ4n) is 2.08. The van der Waals surface area contributed by atoms with Crippen LogP contribution in [0.5, 0.6) is 0 Å². The molecule has 0 N–H and O–H groups in total. The van der Waals surface area contributed by atoms with E-state index in [4.69, 9.17) is 16.3 Å². The molecule has 1 aliphatic heterocycles. The molecule has 1 saturated heterocycles. The van der Waals surface area contributed by atoms with Crippen molar-refractivity contribution in [3.8, 4) is 0 Å². The Bertz CT molecular complexity index is 372. The van der Waals surface area contributed by atoms with Crippen molar-refractivity contribution in [3.63, 3.8) is 0 Å². The summed E-state index contributed by atoms with van der Waals surface area (Å²) in [6.07, 6.45) is 1.44. The standard InChI is InChI=1S/C12H15BrClNO/c1-16-11-4-5-15(8-11)12-6-10(13)3-2-9(12)7-14/h2-3,6,11H,4-5,7-8H2,1H3. The van der Waals surface area contributed by atoms with Gasteiger partial charge in [0, 0.05) is 36.2 Å². The van der Waals surface area contributed by atoms with Gasteiger partial charge in [0.15, 0.2) is 0 Å².